The van der Waals surface area contributed by atoms with Crippen LogP contribution >= 0.6 is 0 Å². The van der Waals surface area contributed by atoms with Crippen molar-refractivity contribution >= 4 is 5.91 Å². The van der Waals surface area contributed by atoms with E-state index < -0.39 is 0 Å². The smallest absolute Gasteiger partial charge is 0.234 e. The molecule has 0 spiro atoms. The van der Waals surface area contributed by atoms with Crippen LogP contribution in [0.2, 0.25) is 0 Å². The monoisotopic (exact) mass is 372 g/mol. The number of benzene rings is 1. The van der Waals surface area contributed by atoms with Crippen molar-refractivity contribution in [1.82, 2.24) is 19.8 Å². The topological polar surface area (TPSA) is 68.6 Å². The summed E-state index contributed by atoms with van der Waals surface area (Å²) < 4.78 is 12.6. The number of piperidine rings is 1. The first-order valence-corrected chi connectivity index (χ1v) is 9.28. The Hall–Kier alpha value is -2.54. The van der Waals surface area contributed by atoms with Crippen LogP contribution in [0.25, 0.3) is 0 Å². The lowest BCUT2D eigenvalue weighted by Gasteiger charge is -2.31. The molecule has 1 aromatic heterocycles. The molecular weight excluding hydrogens is 344 g/mol. The highest BCUT2D eigenvalue weighted by atomic mass is 16.5. The second-order valence-corrected chi connectivity index (χ2v) is 6.91. The standard InChI is InChI=1S/C20H28N4O3/c1-23-11-8-21-20(23)16-6-9-24(10-7-16)14-19(25)22-13-15-4-5-17(26-2)18(12-15)27-3/h4-5,8,11-12,16H,6-7,9-10,13-14H2,1-3H3,(H,22,25). The number of imidazole rings is 1. The third-order valence-corrected chi connectivity index (χ3v) is 5.12. The highest BCUT2D eigenvalue weighted by Crippen LogP contribution is 2.28. The van der Waals surface area contributed by atoms with Crippen LogP contribution in [0, 0.1) is 0 Å². The van der Waals surface area contributed by atoms with Gasteiger partial charge in [-0.2, -0.15) is 0 Å². The third-order valence-electron chi connectivity index (χ3n) is 5.12. The molecule has 1 amide bonds. The number of carbonyl (C=O) groups is 1. The van der Waals surface area contributed by atoms with E-state index in [2.05, 4.69) is 19.8 Å². The summed E-state index contributed by atoms with van der Waals surface area (Å²) in [7, 11) is 5.25. The molecule has 0 unspecified atom stereocenters. The van der Waals surface area contributed by atoms with Gasteiger partial charge in [0.1, 0.15) is 5.82 Å². The minimum absolute atomic E-state index is 0.0419. The molecule has 1 aliphatic rings. The van der Waals surface area contributed by atoms with Crippen molar-refractivity contribution in [2.75, 3.05) is 33.9 Å². The summed E-state index contributed by atoms with van der Waals surface area (Å²) in [6.45, 7) is 2.74. The van der Waals surface area contributed by atoms with E-state index in [1.807, 2.05) is 37.6 Å². The number of aromatic nitrogens is 2. The van der Waals surface area contributed by atoms with Gasteiger partial charge in [-0.3, -0.25) is 9.69 Å². The maximum atomic E-state index is 12.3. The molecule has 0 bridgehead atoms. The van der Waals surface area contributed by atoms with Crippen molar-refractivity contribution in [2.45, 2.75) is 25.3 Å². The summed E-state index contributed by atoms with van der Waals surface area (Å²) in [4.78, 5) is 19.0. The summed E-state index contributed by atoms with van der Waals surface area (Å²) in [5.41, 5.74) is 0.981. The SMILES string of the molecule is COc1ccc(CNC(=O)CN2CCC(c3nccn3C)CC2)cc1OC. The van der Waals surface area contributed by atoms with E-state index >= 15 is 0 Å². The van der Waals surface area contributed by atoms with Gasteiger partial charge in [-0.25, -0.2) is 4.98 Å². The van der Waals surface area contributed by atoms with Gasteiger partial charge in [0.2, 0.25) is 5.91 Å². The Bertz CT molecular complexity index is 766. The number of carbonyl (C=O) groups excluding carboxylic acids is 1. The highest BCUT2D eigenvalue weighted by Gasteiger charge is 2.24. The van der Waals surface area contributed by atoms with Crippen molar-refractivity contribution in [3.63, 3.8) is 0 Å². The van der Waals surface area contributed by atoms with Gasteiger partial charge < -0.3 is 19.4 Å². The van der Waals surface area contributed by atoms with Crippen LogP contribution < -0.4 is 14.8 Å². The van der Waals surface area contributed by atoms with Crippen LogP contribution in [0.5, 0.6) is 11.5 Å². The lowest BCUT2D eigenvalue weighted by Crippen LogP contribution is -2.41. The van der Waals surface area contributed by atoms with E-state index in [0.29, 0.717) is 30.5 Å². The number of hydrogen-bond acceptors (Lipinski definition) is 5. The number of likely N-dealkylation sites (tertiary alicyclic amines) is 1. The Labute approximate surface area is 160 Å². The molecule has 7 heteroatoms. The van der Waals surface area contributed by atoms with Gasteiger partial charge >= 0.3 is 0 Å². The predicted octanol–water partition coefficient (Wildman–Crippen LogP) is 1.93. The quantitative estimate of drug-likeness (QED) is 0.804. The van der Waals surface area contributed by atoms with Crippen LogP contribution in [0.15, 0.2) is 30.6 Å². The third kappa shape index (κ3) is 4.80. The molecule has 146 valence electrons. The molecule has 1 aliphatic heterocycles. The number of nitrogens with one attached hydrogen (secondary N) is 1. The molecule has 0 radical (unpaired) electrons. The van der Waals surface area contributed by atoms with Gasteiger partial charge in [0.05, 0.1) is 20.8 Å². The molecule has 2 aromatic rings. The number of hydrogen-bond donors (Lipinski definition) is 1. The molecule has 1 saturated heterocycles. The normalized spacial score (nSPS) is 15.5. The van der Waals surface area contributed by atoms with Crippen LogP contribution in [0.1, 0.15) is 30.1 Å². The molecule has 0 aliphatic carbocycles. The van der Waals surface area contributed by atoms with Gasteiger partial charge in [0, 0.05) is 31.9 Å². The number of rotatable bonds is 7. The van der Waals surface area contributed by atoms with Crippen LogP contribution in [-0.2, 0) is 18.4 Å². The highest BCUT2D eigenvalue weighted by molar-refractivity contribution is 5.78. The first kappa shape index (κ1) is 19.2. The van der Waals surface area contributed by atoms with Gasteiger partial charge in [0.25, 0.3) is 0 Å². The average molecular weight is 372 g/mol. The van der Waals surface area contributed by atoms with E-state index in [0.717, 1.165) is 37.3 Å². The van der Waals surface area contributed by atoms with Gasteiger partial charge in [0.15, 0.2) is 11.5 Å². The zero-order valence-electron chi connectivity index (χ0n) is 16.3. The largest absolute Gasteiger partial charge is 0.493 e. The van der Waals surface area contributed by atoms with Gasteiger partial charge in [-0.15, -0.1) is 0 Å². The number of aryl methyl sites for hydroxylation is 1. The molecule has 3 rings (SSSR count). The molecule has 1 N–H and O–H groups in total. The summed E-state index contributed by atoms with van der Waals surface area (Å²) in [6, 6.07) is 5.67. The van der Waals surface area contributed by atoms with Crippen molar-refractivity contribution in [1.29, 1.82) is 0 Å². The predicted molar refractivity (Wildman–Crippen MR) is 103 cm³/mol. The summed E-state index contributed by atoms with van der Waals surface area (Å²) in [6.07, 6.45) is 5.91. The van der Waals surface area contributed by atoms with Gasteiger partial charge in [-0.05, 0) is 43.6 Å². The van der Waals surface area contributed by atoms with E-state index in [9.17, 15) is 4.79 Å². The van der Waals surface area contributed by atoms with Crippen molar-refractivity contribution < 1.29 is 14.3 Å². The Kier molecular flexibility index (Phi) is 6.34. The fraction of sp³-hybridized carbons (Fsp3) is 0.500. The summed E-state index contributed by atoms with van der Waals surface area (Å²) in [5.74, 6) is 3.02. The maximum Gasteiger partial charge on any atom is 0.234 e. The molecule has 7 nitrogen and oxygen atoms in total. The lowest BCUT2D eigenvalue weighted by atomic mass is 9.96. The van der Waals surface area contributed by atoms with Crippen molar-refractivity contribution in [3.8, 4) is 11.5 Å². The molecule has 27 heavy (non-hydrogen) atoms. The molecule has 1 aromatic carbocycles. The van der Waals surface area contributed by atoms with Crippen LogP contribution in [0.3, 0.4) is 0 Å². The Morgan fingerprint density at radius 2 is 1.96 bits per heavy atom. The number of ether oxygens (including phenoxy) is 2. The second-order valence-electron chi connectivity index (χ2n) is 6.91. The van der Waals surface area contributed by atoms with Crippen LogP contribution in [-0.4, -0.2) is 54.2 Å². The summed E-state index contributed by atoms with van der Waals surface area (Å²) in [5, 5.41) is 2.99. The van der Waals surface area contributed by atoms with Gasteiger partial charge in [-0.1, -0.05) is 6.07 Å². The maximum absolute atomic E-state index is 12.3. The lowest BCUT2D eigenvalue weighted by molar-refractivity contribution is -0.122. The second kappa shape index (κ2) is 8.90. The molecular formula is C20H28N4O3. The van der Waals surface area contributed by atoms with E-state index in [4.69, 9.17) is 9.47 Å². The fourth-order valence-corrected chi connectivity index (χ4v) is 3.57. The van der Waals surface area contributed by atoms with Crippen molar-refractivity contribution in [2.24, 2.45) is 7.05 Å². The molecule has 2 heterocycles. The fourth-order valence-electron chi connectivity index (χ4n) is 3.57. The minimum Gasteiger partial charge on any atom is -0.493 e. The average Bonchev–Trinajstić information content (AvgIpc) is 3.12. The molecule has 0 saturated carbocycles. The molecule has 0 atom stereocenters. The Morgan fingerprint density at radius 1 is 1.22 bits per heavy atom. The van der Waals surface area contributed by atoms with E-state index in [-0.39, 0.29) is 5.91 Å². The van der Waals surface area contributed by atoms with Crippen molar-refractivity contribution in [3.05, 3.63) is 42.0 Å². The Morgan fingerprint density at radius 3 is 2.59 bits per heavy atom. The number of methoxy groups -OCH3 is 2. The molecule has 1 fully saturated rings. The summed E-state index contributed by atoms with van der Waals surface area (Å²) >= 11 is 0. The minimum atomic E-state index is 0.0419. The van der Waals surface area contributed by atoms with E-state index in [1.54, 1.807) is 14.2 Å². The first-order valence-electron chi connectivity index (χ1n) is 9.28. The van der Waals surface area contributed by atoms with Crippen LogP contribution in [0.4, 0.5) is 0 Å². The Balaban J connectivity index is 1.44. The zero-order valence-corrected chi connectivity index (χ0v) is 16.3. The number of nitrogens with zero attached hydrogens (tertiary/aromatic N) is 3. The first-order chi connectivity index (χ1) is 13.1. The number of amides is 1. The van der Waals surface area contributed by atoms with E-state index in [1.165, 1.54) is 0 Å². The zero-order chi connectivity index (χ0) is 19.2.